The Labute approximate surface area is 61.9 Å². The number of ether oxygens (including phenoxy) is 1. The maximum absolute atomic E-state index is 10.3. The molecular weight excluding hydrogens is 128 g/mol. The zero-order valence-corrected chi connectivity index (χ0v) is 6.97. The molecule has 0 saturated heterocycles. The molecule has 0 bridgehead atoms. The molecule has 1 unspecified atom stereocenters. The molecule has 10 heavy (non-hydrogen) atoms. The van der Waals surface area contributed by atoms with Crippen LogP contribution in [0.15, 0.2) is 11.1 Å². The molecule has 0 amide bonds. The van der Waals surface area contributed by atoms with Crippen LogP contribution in [0.3, 0.4) is 0 Å². The van der Waals surface area contributed by atoms with Crippen molar-refractivity contribution in [3.05, 3.63) is 11.1 Å². The van der Waals surface area contributed by atoms with Crippen LogP contribution in [-0.4, -0.2) is 19.5 Å². The second kappa shape index (κ2) is 4.23. The van der Waals surface area contributed by atoms with Gasteiger partial charge < -0.3 is 4.74 Å². The number of hydrogen-bond acceptors (Lipinski definition) is 2. The first-order chi connectivity index (χ1) is 4.63. The van der Waals surface area contributed by atoms with Crippen molar-refractivity contribution in [3.63, 3.8) is 0 Å². The minimum atomic E-state index is 0.0465. The maximum atomic E-state index is 10.3. The lowest BCUT2D eigenvalue weighted by molar-refractivity contribution is -0.105. The van der Waals surface area contributed by atoms with Crippen molar-refractivity contribution < 1.29 is 9.53 Å². The summed E-state index contributed by atoms with van der Waals surface area (Å²) in [6.45, 7) is 5.61. The van der Waals surface area contributed by atoms with Crippen LogP contribution in [0.1, 0.15) is 20.8 Å². The van der Waals surface area contributed by atoms with Crippen LogP contribution in [0.25, 0.3) is 0 Å². The van der Waals surface area contributed by atoms with Gasteiger partial charge in [-0.2, -0.15) is 0 Å². The van der Waals surface area contributed by atoms with E-state index in [4.69, 9.17) is 4.74 Å². The summed E-state index contributed by atoms with van der Waals surface area (Å²) in [5.74, 6) is 0. The summed E-state index contributed by atoms with van der Waals surface area (Å²) < 4.78 is 5.02. The fourth-order valence-corrected chi connectivity index (χ4v) is 0.590. The fraction of sp³-hybridized carbons (Fsp3) is 0.625. The van der Waals surface area contributed by atoms with E-state index in [0.717, 1.165) is 17.4 Å². The zero-order chi connectivity index (χ0) is 8.15. The largest absolute Gasteiger partial charge is 0.377 e. The van der Waals surface area contributed by atoms with Gasteiger partial charge in [0.25, 0.3) is 0 Å². The Morgan fingerprint density at radius 1 is 1.50 bits per heavy atom. The molecule has 0 aliphatic heterocycles. The van der Waals surface area contributed by atoms with E-state index in [9.17, 15) is 4.79 Å². The number of rotatable bonds is 3. The summed E-state index contributed by atoms with van der Waals surface area (Å²) in [5.41, 5.74) is 1.76. The van der Waals surface area contributed by atoms with Crippen molar-refractivity contribution in [1.29, 1.82) is 0 Å². The van der Waals surface area contributed by atoms with Crippen LogP contribution < -0.4 is 0 Å². The molecular formula is C8H14O2. The summed E-state index contributed by atoms with van der Waals surface area (Å²) in [6.07, 6.45) is 0.899. The van der Waals surface area contributed by atoms with Crippen molar-refractivity contribution in [2.75, 3.05) is 7.11 Å². The van der Waals surface area contributed by atoms with Crippen LogP contribution in [0.4, 0.5) is 0 Å². The van der Waals surface area contributed by atoms with Crippen LogP contribution in [0.5, 0.6) is 0 Å². The number of carbonyl (C=O) groups is 1. The van der Waals surface area contributed by atoms with Gasteiger partial charge in [0.15, 0.2) is 0 Å². The molecule has 58 valence electrons. The van der Waals surface area contributed by atoms with Crippen molar-refractivity contribution in [3.8, 4) is 0 Å². The summed E-state index contributed by atoms with van der Waals surface area (Å²) in [6, 6.07) is 0. The third-order valence-electron chi connectivity index (χ3n) is 1.76. The molecule has 0 fully saturated rings. The Hall–Kier alpha value is -0.630. The molecule has 0 saturated carbocycles. The highest BCUT2D eigenvalue weighted by atomic mass is 16.5. The summed E-state index contributed by atoms with van der Waals surface area (Å²) in [5, 5.41) is 0. The lowest BCUT2D eigenvalue weighted by Crippen LogP contribution is -2.08. The van der Waals surface area contributed by atoms with Crippen molar-refractivity contribution in [1.82, 2.24) is 0 Å². The third-order valence-corrected chi connectivity index (χ3v) is 1.76. The maximum Gasteiger partial charge on any atom is 0.145 e. The number of allylic oxidation sites excluding steroid dienone is 1. The topological polar surface area (TPSA) is 26.3 Å². The van der Waals surface area contributed by atoms with Crippen molar-refractivity contribution >= 4 is 6.29 Å². The molecule has 0 N–H and O–H groups in total. The monoisotopic (exact) mass is 142 g/mol. The van der Waals surface area contributed by atoms with Gasteiger partial charge in [-0.1, -0.05) is 0 Å². The minimum absolute atomic E-state index is 0.0465. The molecule has 0 spiro atoms. The SMILES string of the molecule is COC(C)C(C)=C(C)C=O. The molecule has 0 radical (unpaired) electrons. The number of hydrogen-bond donors (Lipinski definition) is 0. The molecule has 0 rings (SSSR count). The van der Waals surface area contributed by atoms with E-state index in [1.807, 2.05) is 13.8 Å². The van der Waals surface area contributed by atoms with Gasteiger partial charge in [0.1, 0.15) is 6.29 Å². The third kappa shape index (κ3) is 2.31. The van der Waals surface area contributed by atoms with Gasteiger partial charge in [0.05, 0.1) is 6.10 Å². The molecule has 2 heteroatoms. The summed E-state index contributed by atoms with van der Waals surface area (Å²) in [4.78, 5) is 10.3. The van der Waals surface area contributed by atoms with Gasteiger partial charge in [0, 0.05) is 7.11 Å². The average Bonchev–Trinajstić information content (AvgIpc) is 2.00. The molecule has 0 aliphatic rings. The number of carbonyl (C=O) groups excluding carboxylic acids is 1. The Morgan fingerprint density at radius 3 is 2.30 bits per heavy atom. The Morgan fingerprint density at radius 2 is 2.00 bits per heavy atom. The van der Waals surface area contributed by atoms with Crippen LogP contribution >= 0.6 is 0 Å². The van der Waals surface area contributed by atoms with E-state index in [2.05, 4.69) is 0 Å². The first kappa shape index (κ1) is 9.37. The highest BCUT2D eigenvalue weighted by Crippen LogP contribution is 2.08. The van der Waals surface area contributed by atoms with Crippen LogP contribution in [0, 0.1) is 0 Å². The molecule has 0 aromatic rings. The first-order valence-corrected chi connectivity index (χ1v) is 3.28. The van der Waals surface area contributed by atoms with Gasteiger partial charge in [-0.15, -0.1) is 0 Å². The van der Waals surface area contributed by atoms with Gasteiger partial charge in [0.2, 0.25) is 0 Å². The molecule has 0 aliphatic carbocycles. The average molecular weight is 142 g/mol. The van der Waals surface area contributed by atoms with Crippen molar-refractivity contribution in [2.24, 2.45) is 0 Å². The van der Waals surface area contributed by atoms with E-state index >= 15 is 0 Å². The quantitative estimate of drug-likeness (QED) is 0.441. The lowest BCUT2D eigenvalue weighted by Gasteiger charge is -2.10. The van der Waals surface area contributed by atoms with Crippen LogP contribution in [-0.2, 0) is 9.53 Å². The summed E-state index contributed by atoms with van der Waals surface area (Å²) in [7, 11) is 1.63. The van der Waals surface area contributed by atoms with E-state index in [1.165, 1.54) is 0 Å². The van der Waals surface area contributed by atoms with Gasteiger partial charge >= 0.3 is 0 Å². The molecule has 0 aromatic carbocycles. The van der Waals surface area contributed by atoms with Gasteiger partial charge in [-0.3, -0.25) is 4.79 Å². The highest BCUT2D eigenvalue weighted by Gasteiger charge is 2.03. The highest BCUT2D eigenvalue weighted by molar-refractivity contribution is 5.73. The Kier molecular flexibility index (Phi) is 3.96. The van der Waals surface area contributed by atoms with Gasteiger partial charge in [-0.25, -0.2) is 0 Å². The number of methoxy groups -OCH3 is 1. The van der Waals surface area contributed by atoms with Gasteiger partial charge in [-0.05, 0) is 31.9 Å². The Bertz CT molecular complexity index is 147. The van der Waals surface area contributed by atoms with E-state index < -0.39 is 0 Å². The predicted molar refractivity (Wildman–Crippen MR) is 40.9 cm³/mol. The van der Waals surface area contributed by atoms with Crippen LogP contribution in [0.2, 0.25) is 0 Å². The smallest absolute Gasteiger partial charge is 0.145 e. The summed E-state index contributed by atoms with van der Waals surface area (Å²) >= 11 is 0. The fourth-order valence-electron chi connectivity index (χ4n) is 0.590. The second-order valence-corrected chi connectivity index (χ2v) is 2.36. The first-order valence-electron chi connectivity index (χ1n) is 3.28. The molecule has 0 aromatic heterocycles. The zero-order valence-electron chi connectivity index (χ0n) is 6.97. The lowest BCUT2D eigenvalue weighted by atomic mass is 10.1. The minimum Gasteiger partial charge on any atom is -0.377 e. The van der Waals surface area contributed by atoms with E-state index in [-0.39, 0.29) is 6.10 Å². The molecule has 0 heterocycles. The van der Waals surface area contributed by atoms with E-state index in [1.54, 1.807) is 14.0 Å². The molecule has 2 nitrogen and oxygen atoms in total. The Balaban J connectivity index is 4.29. The second-order valence-electron chi connectivity index (χ2n) is 2.36. The number of aldehydes is 1. The standard InChI is InChI=1S/C8H14O2/c1-6(5-9)7(2)8(3)10-4/h5,8H,1-4H3. The molecule has 1 atom stereocenters. The van der Waals surface area contributed by atoms with E-state index in [0.29, 0.717) is 0 Å². The predicted octanol–water partition coefficient (Wildman–Crippen LogP) is 1.56. The normalized spacial score (nSPS) is 16.0. The van der Waals surface area contributed by atoms with Crippen molar-refractivity contribution in [2.45, 2.75) is 26.9 Å².